The highest BCUT2D eigenvalue weighted by Gasteiger charge is 2.47. The molecule has 0 aromatic heterocycles. The van der Waals surface area contributed by atoms with Crippen LogP contribution in [0, 0.1) is 5.92 Å². The van der Waals surface area contributed by atoms with Gasteiger partial charge in [0.05, 0.1) is 0 Å². The van der Waals surface area contributed by atoms with Crippen LogP contribution in [0.1, 0.15) is 38.3 Å². The quantitative estimate of drug-likeness (QED) is 0.582. The van der Waals surface area contributed by atoms with Crippen LogP contribution in [0.4, 0.5) is 0 Å². The van der Waals surface area contributed by atoms with Crippen LogP contribution in [0.25, 0.3) is 0 Å². The standard InChI is InChI=1S/C17H23NO2/c1-11-16-9-13-5-6-14(20-12(2)19)10-15(13)17(11,3)7-8-18(16)4/h5-6,10-11,16H,7-9H2,1-4H3/t11-,16-,17+/m0/s1. The lowest BCUT2D eigenvalue weighted by atomic mass is 9.59. The maximum Gasteiger partial charge on any atom is 0.308 e. The second-order valence-corrected chi connectivity index (χ2v) is 6.62. The van der Waals surface area contributed by atoms with E-state index < -0.39 is 0 Å². The van der Waals surface area contributed by atoms with E-state index in [0.717, 1.165) is 19.4 Å². The Kier molecular flexibility index (Phi) is 3.13. The second-order valence-electron chi connectivity index (χ2n) is 6.62. The number of carbonyl (C=O) groups excluding carboxylic acids is 1. The maximum absolute atomic E-state index is 11.2. The number of nitrogens with zero attached hydrogens (tertiary/aromatic N) is 1. The SMILES string of the molecule is CC(=O)Oc1ccc2c(c1)[C@]1(C)CCN(C)[C@@H](C2)[C@@H]1C. The van der Waals surface area contributed by atoms with E-state index in [1.54, 1.807) is 0 Å². The number of hydrogen-bond acceptors (Lipinski definition) is 3. The zero-order valence-electron chi connectivity index (χ0n) is 12.8. The highest BCUT2D eigenvalue weighted by molar-refractivity contribution is 5.69. The molecule has 1 aliphatic carbocycles. The van der Waals surface area contributed by atoms with Crippen molar-refractivity contribution in [2.75, 3.05) is 13.6 Å². The number of rotatable bonds is 1. The molecule has 0 amide bonds. The van der Waals surface area contributed by atoms with Gasteiger partial charge in [-0.2, -0.15) is 0 Å². The molecular weight excluding hydrogens is 250 g/mol. The molecule has 0 N–H and O–H groups in total. The average Bonchev–Trinajstić information content (AvgIpc) is 2.39. The van der Waals surface area contributed by atoms with E-state index in [-0.39, 0.29) is 11.4 Å². The van der Waals surface area contributed by atoms with Crippen LogP contribution in [0.3, 0.4) is 0 Å². The average molecular weight is 273 g/mol. The molecule has 3 heteroatoms. The first-order valence-corrected chi connectivity index (χ1v) is 7.44. The molecule has 20 heavy (non-hydrogen) atoms. The van der Waals surface area contributed by atoms with Gasteiger partial charge in [-0.3, -0.25) is 4.79 Å². The van der Waals surface area contributed by atoms with E-state index in [4.69, 9.17) is 4.74 Å². The van der Waals surface area contributed by atoms with Crippen molar-refractivity contribution in [3.8, 4) is 5.75 Å². The lowest BCUT2D eigenvalue weighted by Crippen LogP contribution is -2.56. The molecule has 2 bridgehead atoms. The van der Waals surface area contributed by atoms with Crippen molar-refractivity contribution < 1.29 is 9.53 Å². The number of ether oxygens (including phenoxy) is 1. The Morgan fingerprint density at radius 2 is 2.20 bits per heavy atom. The Balaban J connectivity index is 2.05. The number of carbonyl (C=O) groups is 1. The van der Waals surface area contributed by atoms with Crippen molar-refractivity contribution in [1.82, 2.24) is 4.90 Å². The van der Waals surface area contributed by atoms with E-state index in [2.05, 4.69) is 37.9 Å². The van der Waals surface area contributed by atoms with Gasteiger partial charge in [0.15, 0.2) is 0 Å². The molecule has 0 unspecified atom stereocenters. The third-order valence-electron chi connectivity index (χ3n) is 5.52. The Morgan fingerprint density at radius 3 is 2.90 bits per heavy atom. The van der Waals surface area contributed by atoms with Gasteiger partial charge in [0, 0.05) is 13.0 Å². The highest BCUT2D eigenvalue weighted by atomic mass is 16.5. The molecule has 2 aliphatic rings. The van der Waals surface area contributed by atoms with Gasteiger partial charge < -0.3 is 9.64 Å². The molecule has 1 aliphatic heterocycles. The van der Waals surface area contributed by atoms with Gasteiger partial charge in [0.1, 0.15) is 5.75 Å². The molecule has 0 spiro atoms. The molecular formula is C17H23NO2. The van der Waals surface area contributed by atoms with Crippen molar-refractivity contribution in [2.24, 2.45) is 5.92 Å². The zero-order valence-corrected chi connectivity index (χ0v) is 12.8. The van der Waals surface area contributed by atoms with Gasteiger partial charge in [-0.15, -0.1) is 0 Å². The number of piperidine rings is 1. The monoisotopic (exact) mass is 273 g/mol. The summed E-state index contributed by atoms with van der Waals surface area (Å²) in [5.74, 6) is 1.06. The van der Waals surface area contributed by atoms with Crippen LogP contribution in [0.2, 0.25) is 0 Å². The van der Waals surface area contributed by atoms with Gasteiger partial charge in [0.2, 0.25) is 0 Å². The summed E-state index contributed by atoms with van der Waals surface area (Å²) in [6.45, 7) is 7.33. The van der Waals surface area contributed by atoms with E-state index in [1.165, 1.54) is 18.1 Å². The maximum atomic E-state index is 11.2. The van der Waals surface area contributed by atoms with Gasteiger partial charge in [-0.1, -0.05) is 19.9 Å². The molecule has 108 valence electrons. The topological polar surface area (TPSA) is 29.5 Å². The third kappa shape index (κ3) is 1.96. The minimum Gasteiger partial charge on any atom is -0.427 e. The molecule has 1 aromatic carbocycles. The van der Waals surface area contributed by atoms with Gasteiger partial charge in [-0.25, -0.2) is 0 Å². The van der Waals surface area contributed by atoms with Gasteiger partial charge in [0.25, 0.3) is 0 Å². The molecule has 1 aromatic rings. The van der Waals surface area contributed by atoms with Crippen molar-refractivity contribution in [2.45, 2.75) is 45.1 Å². The minimum atomic E-state index is -0.250. The minimum absolute atomic E-state index is 0.195. The zero-order chi connectivity index (χ0) is 14.5. The smallest absolute Gasteiger partial charge is 0.308 e. The largest absolute Gasteiger partial charge is 0.427 e. The van der Waals surface area contributed by atoms with E-state index in [1.807, 2.05) is 6.07 Å². The fourth-order valence-corrected chi connectivity index (χ4v) is 4.04. The molecule has 0 saturated carbocycles. The molecule has 3 nitrogen and oxygen atoms in total. The van der Waals surface area contributed by atoms with Crippen LogP contribution >= 0.6 is 0 Å². The first-order chi connectivity index (χ1) is 9.41. The predicted octanol–water partition coefficient (Wildman–Crippen LogP) is 2.77. The summed E-state index contributed by atoms with van der Waals surface area (Å²) in [6, 6.07) is 6.79. The van der Waals surface area contributed by atoms with Gasteiger partial charge >= 0.3 is 5.97 Å². The molecule has 0 radical (unpaired) electrons. The Hall–Kier alpha value is -1.35. The Morgan fingerprint density at radius 1 is 1.45 bits per heavy atom. The number of likely N-dealkylation sites (N-methyl/N-ethyl adjacent to an activating group) is 1. The Labute approximate surface area is 120 Å². The van der Waals surface area contributed by atoms with Crippen LogP contribution < -0.4 is 4.74 Å². The summed E-state index contributed by atoms with van der Waals surface area (Å²) in [7, 11) is 2.24. The van der Waals surface area contributed by atoms with Crippen LogP contribution in [0.5, 0.6) is 5.75 Å². The molecule has 1 heterocycles. The second kappa shape index (κ2) is 4.59. The summed E-state index contributed by atoms with van der Waals surface area (Å²) < 4.78 is 5.27. The molecule has 1 saturated heterocycles. The molecule has 1 fully saturated rings. The fourth-order valence-electron chi connectivity index (χ4n) is 4.04. The number of esters is 1. The highest BCUT2D eigenvalue weighted by Crippen LogP contribution is 2.48. The van der Waals surface area contributed by atoms with Crippen LogP contribution in [-0.2, 0) is 16.6 Å². The summed E-state index contributed by atoms with van der Waals surface area (Å²) in [5.41, 5.74) is 2.99. The fraction of sp³-hybridized carbons (Fsp3) is 0.588. The molecule has 3 rings (SSSR count). The van der Waals surface area contributed by atoms with Crippen molar-refractivity contribution in [1.29, 1.82) is 0 Å². The summed E-state index contributed by atoms with van der Waals surface area (Å²) >= 11 is 0. The first kappa shape index (κ1) is 13.6. The van der Waals surface area contributed by atoms with E-state index in [0.29, 0.717) is 17.7 Å². The van der Waals surface area contributed by atoms with Crippen molar-refractivity contribution in [3.63, 3.8) is 0 Å². The summed E-state index contributed by atoms with van der Waals surface area (Å²) in [6.07, 6.45) is 2.26. The number of hydrogen-bond donors (Lipinski definition) is 0. The third-order valence-corrected chi connectivity index (χ3v) is 5.52. The Bertz CT molecular complexity index is 554. The van der Waals surface area contributed by atoms with Gasteiger partial charge in [-0.05, 0) is 61.0 Å². The normalized spacial score (nSPS) is 32.6. The lowest BCUT2D eigenvalue weighted by Gasteiger charge is -2.53. The van der Waals surface area contributed by atoms with Crippen molar-refractivity contribution >= 4 is 5.97 Å². The number of likely N-dealkylation sites (tertiary alicyclic amines) is 1. The van der Waals surface area contributed by atoms with Crippen LogP contribution in [-0.4, -0.2) is 30.5 Å². The number of benzene rings is 1. The van der Waals surface area contributed by atoms with Crippen molar-refractivity contribution in [3.05, 3.63) is 29.3 Å². The van der Waals surface area contributed by atoms with E-state index in [9.17, 15) is 4.79 Å². The summed E-state index contributed by atoms with van der Waals surface area (Å²) in [5, 5.41) is 0. The lowest BCUT2D eigenvalue weighted by molar-refractivity contribution is -0.131. The number of fused-ring (bicyclic) bond motifs is 4. The molecule has 3 atom stereocenters. The summed E-state index contributed by atoms with van der Waals surface area (Å²) in [4.78, 5) is 13.6. The van der Waals surface area contributed by atoms with Crippen LogP contribution in [0.15, 0.2) is 18.2 Å². The van der Waals surface area contributed by atoms with E-state index >= 15 is 0 Å². The predicted molar refractivity (Wildman–Crippen MR) is 79.0 cm³/mol. The first-order valence-electron chi connectivity index (χ1n) is 7.44.